The fraction of sp³-hybridized carbons (Fsp3) is 0.250. The molecule has 1 aliphatic rings. The highest BCUT2D eigenvalue weighted by molar-refractivity contribution is 5.89. The molecule has 2 heterocycles. The Hall–Kier alpha value is -3.41. The summed E-state index contributed by atoms with van der Waals surface area (Å²) in [5.41, 5.74) is 5.87. The highest BCUT2D eigenvalue weighted by atomic mass is 19.1. The first-order valence-electron chi connectivity index (χ1n) is 10.1. The van der Waals surface area contributed by atoms with Gasteiger partial charge in [0, 0.05) is 24.4 Å². The maximum atomic E-state index is 13.4. The molecule has 2 aromatic carbocycles. The van der Waals surface area contributed by atoms with Crippen molar-refractivity contribution in [1.82, 2.24) is 15.6 Å². The quantitative estimate of drug-likeness (QED) is 0.585. The van der Waals surface area contributed by atoms with E-state index in [1.165, 1.54) is 12.1 Å². The molecular weight excluding hydrogens is 381 g/mol. The number of amides is 2. The second-order valence-electron chi connectivity index (χ2n) is 7.66. The highest BCUT2D eigenvalue weighted by Crippen LogP contribution is 2.30. The normalized spacial score (nSPS) is 15.8. The van der Waals surface area contributed by atoms with E-state index in [9.17, 15) is 14.0 Å². The van der Waals surface area contributed by atoms with Crippen molar-refractivity contribution in [2.24, 2.45) is 0 Å². The van der Waals surface area contributed by atoms with Crippen LogP contribution in [0.15, 0.2) is 54.6 Å². The van der Waals surface area contributed by atoms with Gasteiger partial charge in [0.25, 0.3) is 0 Å². The molecule has 1 unspecified atom stereocenters. The number of hydrogen-bond donors (Lipinski definition) is 3. The highest BCUT2D eigenvalue weighted by Gasteiger charge is 2.25. The Morgan fingerprint density at radius 3 is 2.63 bits per heavy atom. The van der Waals surface area contributed by atoms with Crippen molar-refractivity contribution < 1.29 is 14.0 Å². The van der Waals surface area contributed by atoms with Gasteiger partial charge in [0.2, 0.25) is 11.8 Å². The molecule has 0 saturated carbocycles. The van der Waals surface area contributed by atoms with Crippen molar-refractivity contribution in [3.63, 3.8) is 0 Å². The SMILES string of the molecule is Cc1cccc(-c2cc(CCC(=O)NC3CCNC3=O)c(-c3ccc(F)cc3)[nH]2)c1. The number of hydrogen-bond acceptors (Lipinski definition) is 2. The summed E-state index contributed by atoms with van der Waals surface area (Å²) in [6, 6.07) is 16.1. The fourth-order valence-corrected chi connectivity index (χ4v) is 3.78. The number of nitrogens with one attached hydrogen (secondary N) is 3. The van der Waals surface area contributed by atoms with Crippen molar-refractivity contribution in [1.29, 1.82) is 0 Å². The van der Waals surface area contributed by atoms with Crippen LogP contribution >= 0.6 is 0 Å². The van der Waals surface area contributed by atoms with E-state index in [2.05, 4.69) is 21.7 Å². The maximum Gasteiger partial charge on any atom is 0.242 e. The Morgan fingerprint density at radius 1 is 1.13 bits per heavy atom. The third kappa shape index (κ3) is 4.43. The first-order valence-corrected chi connectivity index (χ1v) is 10.1. The van der Waals surface area contributed by atoms with E-state index >= 15 is 0 Å². The molecule has 30 heavy (non-hydrogen) atoms. The van der Waals surface area contributed by atoms with Crippen molar-refractivity contribution >= 4 is 11.8 Å². The van der Waals surface area contributed by atoms with E-state index in [0.717, 1.165) is 33.6 Å². The number of benzene rings is 2. The van der Waals surface area contributed by atoms with E-state index in [1.807, 2.05) is 31.2 Å². The minimum Gasteiger partial charge on any atom is -0.354 e. The smallest absolute Gasteiger partial charge is 0.242 e. The molecule has 3 N–H and O–H groups in total. The van der Waals surface area contributed by atoms with Gasteiger partial charge >= 0.3 is 0 Å². The molecule has 0 aliphatic carbocycles. The lowest BCUT2D eigenvalue weighted by Crippen LogP contribution is -2.40. The zero-order valence-electron chi connectivity index (χ0n) is 16.8. The van der Waals surface area contributed by atoms with Crippen LogP contribution in [0.4, 0.5) is 4.39 Å². The zero-order valence-corrected chi connectivity index (χ0v) is 16.8. The number of carbonyl (C=O) groups is 2. The number of halogens is 1. The van der Waals surface area contributed by atoms with Gasteiger partial charge in [-0.15, -0.1) is 0 Å². The topological polar surface area (TPSA) is 74.0 Å². The lowest BCUT2D eigenvalue weighted by molar-refractivity contribution is -0.127. The van der Waals surface area contributed by atoms with Gasteiger partial charge < -0.3 is 15.6 Å². The molecule has 0 bridgehead atoms. The minimum atomic E-state index is -0.442. The summed E-state index contributed by atoms with van der Waals surface area (Å²) >= 11 is 0. The molecule has 1 atom stereocenters. The van der Waals surface area contributed by atoms with Gasteiger partial charge in [-0.1, -0.05) is 23.8 Å². The minimum absolute atomic E-state index is 0.126. The molecular formula is C24H24FN3O2. The van der Waals surface area contributed by atoms with Crippen molar-refractivity contribution in [3.8, 4) is 22.5 Å². The largest absolute Gasteiger partial charge is 0.354 e. The van der Waals surface area contributed by atoms with Crippen LogP contribution in [0.25, 0.3) is 22.5 Å². The Kier molecular flexibility index (Phi) is 5.65. The summed E-state index contributed by atoms with van der Waals surface area (Å²) in [4.78, 5) is 27.5. The number of H-pyrrole nitrogens is 1. The number of aromatic amines is 1. The molecule has 0 spiro atoms. The van der Waals surface area contributed by atoms with Crippen molar-refractivity contribution in [2.75, 3.05) is 6.54 Å². The summed E-state index contributed by atoms with van der Waals surface area (Å²) in [5.74, 6) is -0.570. The molecule has 154 valence electrons. The molecule has 4 rings (SSSR count). The summed E-state index contributed by atoms with van der Waals surface area (Å²) in [5, 5.41) is 5.52. The molecule has 1 fully saturated rings. The summed E-state index contributed by atoms with van der Waals surface area (Å²) in [7, 11) is 0. The second kappa shape index (κ2) is 8.53. The Morgan fingerprint density at radius 2 is 1.93 bits per heavy atom. The Balaban J connectivity index is 1.57. The van der Waals surface area contributed by atoms with E-state index in [-0.39, 0.29) is 24.1 Å². The van der Waals surface area contributed by atoms with Crippen LogP contribution in [0.5, 0.6) is 0 Å². The standard InChI is InChI=1S/C24H24FN3O2/c1-15-3-2-4-17(13-15)21-14-18(23(28-21)16-5-8-19(25)9-6-16)7-10-22(29)27-20-11-12-26-24(20)30/h2-6,8-9,13-14,20,28H,7,10-12H2,1H3,(H,26,30)(H,27,29). The molecule has 1 saturated heterocycles. The predicted molar refractivity (Wildman–Crippen MR) is 114 cm³/mol. The van der Waals surface area contributed by atoms with Crippen molar-refractivity contribution in [3.05, 3.63) is 71.5 Å². The Labute approximate surface area is 174 Å². The number of aromatic nitrogens is 1. The average Bonchev–Trinajstić information content (AvgIpc) is 3.33. The van der Waals surface area contributed by atoms with Gasteiger partial charge in [-0.3, -0.25) is 9.59 Å². The van der Waals surface area contributed by atoms with Crippen LogP contribution in [-0.2, 0) is 16.0 Å². The lowest BCUT2D eigenvalue weighted by Gasteiger charge is -2.10. The molecule has 0 radical (unpaired) electrons. The monoisotopic (exact) mass is 405 g/mol. The van der Waals surface area contributed by atoms with Crippen LogP contribution in [0, 0.1) is 12.7 Å². The van der Waals surface area contributed by atoms with Gasteiger partial charge in [-0.2, -0.15) is 0 Å². The van der Waals surface area contributed by atoms with Gasteiger partial charge in [0.15, 0.2) is 0 Å². The summed E-state index contributed by atoms with van der Waals surface area (Å²) in [6.07, 6.45) is 1.39. The Bertz CT molecular complexity index is 1070. The fourth-order valence-electron chi connectivity index (χ4n) is 3.78. The van der Waals surface area contributed by atoms with Crippen LogP contribution in [0.3, 0.4) is 0 Å². The second-order valence-corrected chi connectivity index (χ2v) is 7.66. The maximum absolute atomic E-state index is 13.4. The van der Waals surface area contributed by atoms with Crippen molar-refractivity contribution in [2.45, 2.75) is 32.2 Å². The number of rotatable bonds is 6. The molecule has 5 nitrogen and oxygen atoms in total. The number of carbonyl (C=O) groups excluding carboxylic acids is 2. The third-order valence-corrected chi connectivity index (χ3v) is 5.37. The zero-order chi connectivity index (χ0) is 21.1. The molecule has 1 aromatic heterocycles. The van der Waals surface area contributed by atoms with Gasteiger partial charge in [0.1, 0.15) is 11.9 Å². The lowest BCUT2D eigenvalue weighted by atomic mass is 10.0. The third-order valence-electron chi connectivity index (χ3n) is 5.37. The van der Waals surface area contributed by atoms with E-state index < -0.39 is 6.04 Å². The van der Waals surface area contributed by atoms with Gasteiger partial charge in [0.05, 0.1) is 0 Å². The van der Waals surface area contributed by atoms with Gasteiger partial charge in [-0.05, 0) is 72.9 Å². The van der Waals surface area contributed by atoms with Crippen LogP contribution < -0.4 is 10.6 Å². The predicted octanol–water partition coefficient (Wildman–Crippen LogP) is 3.73. The van der Waals surface area contributed by atoms with Gasteiger partial charge in [-0.25, -0.2) is 4.39 Å². The first-order chi connectivity index (χ1) is 14.5. The average molecular weight is 405 g/mol. The molecule has 3 aromatic rings. The molecule has 1 aliphatic heterocycles. The van der Waals surface area contributed by atoms with E-state index in [4.69, 9.17) is 0 Å². The van der Waals surface area contributed by atoms with E-state index in [0.29, 0.717) is 19.4 Å². The van der Waals surface area contributed by atoms with Crippen LogP contribution in [0.1, 0.15) is 24.0 Å². The van der Waals surface area contributed by atoms with E-state index in [1.54, 1.807) is 12.1 Å². The van der Waals surface area contributed by atoms with Crippen LogP contribution in [0.2, 0.25) is 0 Å². The molecule has 2 amide bonds. The summed E-state index contributed by atoms with van der Waals surface area (Å²) in [6.45, 7) is 2.63. The summed E-state index contributed by atoms with van der Waals surface area (Å²) < 4.78 is 13.4. The first kappa shape index (κ1) is 19.9. The molecule has 6 heteroatoms. The number of aryl methyl sites for hydroxylation is 2. The van der Waals surface area contributed by atoms with Crippen LogP contribution in [-0.4, -0.2) is 29.4 Å².